The van der Waals surface area contributed by atoms with E-state index in [9.17, 15) is 4.79 Å². The van der Waals surface area contributed by atoms with Crippen LogP contribution < -0.4 is 10.1 Å². The fourth-order valence-electron chi connectivity index (χ4n) is 3.01. The summed E-state index contributed by atoms with van der Waals surface area (Å²) < 4.78 is 13.5. The van der Waals surface area contributed by atoms with Crippen molar-refractivity contribution in [2.75, 3.05) is 24.8 Å². The molecule has 4 rings (SSSR count). The number of nitrogens with zero attached hydrogens (tertiary/aromatic N) is 1. The lowest BCUT2D eigenvalue weighted by molar-refractivity contribution is 0.0673. The number of thiazole rings is 1. The lowest BCUT2D eigenvalue weighted by atomic mass is 10.1. The minimum Gasteiger partial charge on any atom is -0.490 e. The van der Waals surface area contributed by atoms with E-state index in [4.69, 9.17) is 9.47 Å². The number of rotatable bonds is 6. The van der Waals surface area contributed by atoms with Crippen molar-refractivity contribution in [3.05, 3.63) is 48.0 Å². The fraction of sp³-hybridized carbons (Fsp3) is 0.300. The molecule has 1 amide bonds. The van der Waals surface area contributed by atoms with E-state index in [-0.39, 0.29) is 12.0 Å². The summed E-state index contributed by atoms with van der Waals surface area (Å²) in [6, 6.07) is 13.1. The molecule has 140 valence electrons. The molecular weight excluding hydrogens is 380 g/mol. The molecule has 1 aromatic heterocycles. The Labute approximate surface area is 166 Å². The van der Waals surface area contributed by atoms with Crippen LogP contribution in [-0.2, 0) is 4.74 Å². The first-order valence-electron chi connectivity index (χ1n) is 8.82. The SMILES string of the molecule is CSc1nc2ccc(NC(=O)c3ccccc3OCC3CCCO3)cc2s1. The van der Waals surface area contributed by atoms with Gasteiger partial charge in [-0.1, -0.05) is 23.9 Å². The molecule has 0 saturated carbocycles. The van der Waals surface area contributed by atoms with Crippen molar-refractivity contribution in [1.82, 2.24) is 4.98 Å². The van der Waals surface area contributed by atoms with E-state index in [1.807, 2.05) is 42.7 Å². The zero-order chi connectivity index (χ0) is 18.6. The number of anilines is 1. The Kier molecular flexibility index (Phi) is 5.61. The summed E-state index contributed by atoms with van der Waals surface area (Å²) >= 11 is 3.24. The maximum Gasteiger partial charge on any atom is 0.259 e. The highest BCUT2D eigenvalue weighted by Crippen LogP contribution is 2.30. The van der Waals surface area contributed by atoms with Crippen molar-refractivity contribution in [3.8, 4) is 5.75 Å². The molecule has 1 N–H and O–H groups in total. The van der Waals surface area contributed by atoms with Crippen LogP contribution in [0.15, 0.2) is 46.8 Å². The van der Waals surface area contributed by atoms with Crippen molar-refractivity contribution in [3.63, 3.8) is 0 Å². The van der Waals surface area contributed by atoms with Crippen molar-refractivity contribution >= 4 is 44.9 Å². The number of amides is 1. The van der Waals surface area contributed by atoms with Crippen LogP contribution >= 0.6 is 23.1 Å². The largest absolute Gasteiger partial charge is 0.490 e. The van der Waals surface area contributed by atoms with Crippen molar-refractivity contribution in [2.45, 2.75) is 23.3 Å². The van der Waals surface area contributed by atoms with Gasteiger partial charge in [0.25, 0.3) is 5.91 Å². The van der Waals surface area contributed by atoms with Gasteiger partial charge in [-0.3, -0.25) is 4.79 Å². The Morgan fingerprint density at radius 1 is 1.37 bits per heavy atom. The highest BCUT2D eigenvalue weighted by molar-refractivity contribution is 8.00. The van der Waals surface area contributed by atoms with Gasteiger partial charge in [0.1, 0.15) is 12.4 Å². The Hall–Kier alpha value is -2.09. The molecule has 1 aliphatic rings. The first kappa shape index (κ1) is 18.3. The summed E-state index contributed by atoms with van der Waals surface area (Å²) in [6.45, 7) is 1.25. The summed E-state index contributed by atoms with van der Waals surface area (Å²) in [5.41, 5.74) is 2.21. The molecule has 0 radical (unpaired) electrons. The standard InChI is InChI=1S/C20H20N2O3S2/c1-26-20-22-16-9-8-13(11-18(16)27-20)21-19(23)15-6-2-3-7-17(15)25-12-14-5-4-10-24-14/h2-3,6-9,11,14H,4-5,10,12H2,1H3,(H,21,23). The van der Waals surface area contributed by atoms with Gasteiger partial charge in [0, 0.05) is 12.3 Å². The van der Waals surface area contributed by atoms with Gasteiger partial charge in [-0.2, -0.15) is 0 Å². The molecule has 1 atom stereocenters. The number of hydrogen-bond acceptors (Lipinski definition) is 6. The van der Waals surface area contributed by atoms with Gasteiger partial charge >= 0.3 is 0 Å². The number of ether oxygens (including phenoxy) is 2. The predicted molar refractivity (Wildman–Crippen MR) is 110 cm³/mol. The van der Waals surface area contributed by atoms with Gasteiger partial charge in [-0.15, -0.1) is 11.3 Å². The second-order valence-corrected chi connectivity index (χ2v) is 8.35. The van der Waals surface area contributed by atoms with Gasteiger partial charge in [0.15, 0.2) is 4.34 Å². The third-order valence-electron chi connectivity index (χ3n) is 4.38. The van der Waals surface area contributed by atoms with E-state index in [0.29, 0.717) is 17.9 Å². The number of carbonyl (C=O) groups excluding carboxylic acids is 1. The van der Waals surface area contributed by atoms with Crippen LogP contribution in [0.2, 0.25) is 0 Å². The third kappa shape index (κ3) is 4.26. The van der Waals surface area contributed by atoms with E-state index < -0.39 is 0 Å². The zero-order valence-corrected chi connectivity index (χ0v) is 16.6. The van der Waals surface area contributed by atoms with Gasteiger partial charge in [0.2, 0.25) is 0 Å². The topological polar surface area (TPSA) is 60.5 Å². The molecule has 3 aromatic rings. The third-order valence-corrected chi connectivity index (χ3v) is 6.39. The normalized spacial score (nSPS) is 16.6. The number of carbonyl (C=O) groups is 1. The minimum absolute atomic E-state index is 0.112. The Morgan fingerprint density at radius 3 is 3.07 bits per heavy atom. The summed E-state index contributed by atoms with van der Waals surface area (Å²) in [7, 11) is 0. The maximum atomic E-state index is 12.8. The molecule has 1 unspecified atom stereocenters. The number of benzene rings is 2. The lowest BCUT2D eigenvalue weighted by Crippen LogP contribution is -2.19. The zero-order valence-electron chi connectivity index (χ0n) is 14.9. The fourth-order valence-corrected chi connectivity index (χ4v) is 4.53. The summed E-state index contributed by atoms with van der Waals surface area (Å²) in [5.74, 6) is 0.390. The summed E-state index contributed by atoms with van der Waals surface area (Å²) in [6.07, 6.45) is 4.18. The van der Waals surface area contributed by atoms with Gasteiger partial charge < -0.3 is 14.8 Å². The first-order valence-corrected chi connectivity index (χ1v) is 10.9. The highest BCUT2D eigenvalue weighted by atomic mass is 32.2. The molecule has 0 bridgehead atoms. The van der Waals surface area contributed by atoms with E-state index in [2.05, 4.69) is 10.3 Å². The molecule has 1 saturated heterocycles. The number of para-hydroxylation sites is 1. The van der Waals surface area contributed by atoms with Crippen molar-refractivity contribution in [2.24, 2.45) is 0 Å². The lowest BCUT2D eigenvalue weighted by Gasteiger charge is -2.14. The Bertz CT molecular complexity index is 951. The van der Waals surface area contributed by atoms with E-state index in [1.165, 1.54) is 0 Å². The molecule has 2 aromatic carbocycles. The van der Waals surface area contributed by atoms with Crippen LogP contribution in [0.1, 0.15) is 23.2 Å². The second kappa shape index (κ2) is 8.29. The van der Waals surface area contributed by atoms with Crippen LogP contribution in [0.4, 0.5) is 5.69 Å². The van der Waals surface area contributed by atoms with Crippen LogP contribution in [0, 0.1) is 0 Å². The molecule has 2 heterocycles. The quantitative estimate of drug-likeness (QED) is 0.601. The second-order valence-electron chi connectivity index (χ2n) is 6.26. The van der Waals surface area contributed by atoms with Gasteiger partial charge in [-0.25, -0.2) is 4.98 Å². The molecule has 1 aliphatic heterocycles. The number of fused-ring (bicyclic) bond motifs is 1. The summed E-state index contributed by atoms with van der Waals surface area (Å²) in [4.78, 5) is 17.3. The smallest absolute Gasteiger partial charge is 0.259 e. The average Bonchev–Trinajstić information content (AvgIpc) is 3.35. The predicted octanol–water partition coefficient (Wildman–Crippen LogP) is 4.83. The van der Waals surface area contributed by atoms with Crippen LogP contribution in [-0.4, -0.2) is 36.5 Å². The average molecular weight is 401 g/mol. The maximum absolute atomic E-state index is 12.8. The Balaban J connectivity index is 1.49. The first-order chi connectivity index (χ1) is 13.2. The number of aromatic nitrogens is 1. The molecule has 5 nitrogen and oxygen atoms in total. The number of hydrogen-bond donors (Lipinski definition) is 1. The van der Waals surface area contributed by atoms with Gasteiger partial charge in [0.05, 0.1) is 21.9 Å². The monoisotopic (exact) mass is 400 g/mol. The Morgan fingerprint density at radius 2 is 2.26 bits per heavy atom. The van der Waals surface area contributed by atoms with E-state index >= 15 is 0 Å². The van der Waals surface area contributed by atoms with Crippen molar-refractivity contribution in [1.29, 1.82) is 0 Å². The highest BCUT2D eigenvalue weighted by Gasteiger charge is 2.18. The van der Waals surface area contributed by atoms with E-state index in [0.717, 1.165) is 39.7 Å². The summed E-state index contributed by atoms with van der Waals surface area (Å²) in [5, 5.41) is 2.97. The molecule has 0 spiro atoms. The molecule has 27 heavy (non-hydrogen) atoms. The van der Waals surface area contributed by atoms with Crippen LogP contribution in [0.25, 0.3) is 10.2 Å². The van der Waals surface area contributed by atoms with Crippen LogP contribution in [0.3, 0.4) is 0 Å². The number of thioether (sulfide) groups is 1. The molecule has 0 aliphatic carbocycles. The van der Waals surface area contributed by atoms with Crippen molar-refractivity contribution < 1.29 is 14.3 Å². The minimum atomic E-state index is -0.188. The molecule has 7 heteroatoms. The molecular formula is C20H20N2O3S2. The van der Waals surface area contributed by atoms with E-state index in [1.54, 1.807) is 29.2 Å². The number of nitrogens with one attached hydrogen (secondary N) is 1. The van der Waals surface area contributed by atoms with Gasteiger partial charge in [-0.05, 0) is 49.4 Å². The van der Waals surface area contributed by atoms with Crippen LogP contribution in [0.5, 0.6) is 5.75 Å². The molecule has 1 fully saturated rings.